The third-order valence-electron chi connectivity index (χ3n) is 6.31. The number of ketones is 1. The Morgan fingerprint density at radius 3 is 2.45 bits per heavy atom. The number of hydrogen-bond donors (Lipinski definition) is 0. The van der Waals surface area contributed by atoms with Gasteiger partial charge < -0.3 is 4.42 Å². The molecule has 158 valence electrons. The second-order valence-electron chi connectivity index (χ2n) is 8.24. The lowest BCUT2D eigenvalue weighted by Crippen LogP contribution is -2.28. The summed E-state index contributed by atoms with van der Waals surface area (Å²) in [7, 11) is 0. The molecule has 4 aromatic carbocycles. The molecular weight excluding hydrogens is 410 g/mol. The average molecular weight is 429 g/mol. The average Bonchev–Trinajstić information content (AvgIpc) is 3.34. The van der Waals surface area contributed by atoms with Crippen molar-refractivity contribution in [1.29, 1.82) is 0 Å². The molecule has 0 atom stereocenters. The zero-order chi connectivity index (χ0) is 22.7. The van der Waals surface area contributed by atoms with Crippen molar-refractivity contribution in [2.45, 2.75) is 6.92 Å². The van der Waals surface area contributed by atoms with Crippen LogP contribution in [0.3, 0.4) is 0 Å². The third kappa shape index (κ3) is 2.77. The Kier molecular flexibility index (Phi) is 4.11. The van der Waals surface area contributed by atoms with Gasteiger partial charge in [0, 0.05) is 21.9 Å². The largest absolute Gasteiger partial charge is 0.456 e. The van der Waals surface area contributed by atoms with E-state index < -0.39 is 0 Å². The number of carbonyl (C=O) groups is 2. The molecule has 0 spiro atoms. The number of furan rings is 1. The lowest BCUT2D eigenvalue weighted by atomic mass is 9.97. The molecule has 0 fully saturated rings. The van der Waals surface area contributed by atoms with Gasteiger partial charge in [0.1, 0.15) is 11.2 Å². The number of para-hydroxylation sites is 1. The second kappa shape index (κ2) is 7.04. The quantitative estimate of drug-likeness (QED) is 0.286. The van der Waals surface area contributed by atoms with E-state index in [9.17, 15) is 9.59 Å². The van der Waals surface area contributed by atoms with Crippen LogP contribution < -0.4 is 4.90 Å². The summed E-state index contributed by atoms with van der Waals surface area (Å²) in [6.45, 7) is 5.82. The first-order valence-electron chi connectivity index (χ1n) is 10.7. The fraction of sp³-hybridized carbons (Fsp3) is 0.0345. The van der Waals surface area contributed by atoms with Gasteiger partial charge in [-0.3, -0.25) is 14.5 Å². The van der Waals surface area contributed by atoms with Crippen LogP contribution >= 0.6 is 0 Å². The zero-order valence-electron chi connectivity index (χ0n) is 18.0. The van der Waals surface area contributed by atoms with E-state index >= 15 is 0 Å². The SMILES string of the molecule is C=C1C(=O)c2cc(-c3cccc4oc5ccccc5c34)ccc2N1C(=O)c1ccccc1C. The lowest BCUT2D eigenvalue weighted by molar-refractivity contribution is 0.0973. The van der Waals surface area contributed by atoms with Crippen LogP contribution in [0.1, 0.15) is 26.3 Å². The van der Waals surface area contributed by atoms with Gasteiger partial charge in [0.15, 0.2) is 0 Å². The number of Topliss-reactive ketones (excluding diaryl/α,β-unsaturated/α-hetero) is 1. The number of amides is 1. The number of nitrogens with zero attached hydrogens (tertiary/aromatic N) is 1. The Morgan fingerprint density at radius 2 is 1.61 bits per heavy atom. The van der Waals surface area contributed by atoms with E-state index in [-0.39, 0.29) is 17.4 Å². The number of aryl methyl sites for hydroxylation is 1. The van der Waals surface area contributed by atoms with Crippen molar-refractivity contribution in [2.24, 2.45) is 0 Å². The van der Waals surface area contributed by atoms with Gasteiger partial charge in [0.2, 0.25) is 5.78 Å². The number of anilines is 1. The van der Waals surface area contributed by atoms with E-state index in [1.807, 2.05) is 85.8 Å². The van der Waals surface area contributed by atoms with Crippen LogP contribution in [0, 0.1) is 6.92 Å². The highest BCUT2D eigenvalue weighted by Gasteiger charge is 2.36. The molecule has 1 amide bonds. The van der Waals surface area contributed by atoms with Crippen LogP contribution in [0.5, 0.6) is 0 Å². The van der Waals surface area contributed by atoms with Crippen LogP contribution in [0.25, 0.3) is 33.1 Å². The van der Waals surface area contributed by atoms with Crippen molar-refractivity contribution in [3.8, 4) is 11.1 Å². The molecule has 0 saturated heterocycles. The predicted octanol–water partition coefficient (Wildman–Crippen LogP) is 6.92. The molecule has 0 saturated carbocycles. The van der Waals surface area contributed by atoms with E-state index in [0.717, 1.165) is 38.6 Å². The van der Waals surface area contributed by atoms with Crippen LogP contribution in [0.4, 0.5) is 5.69 Å². The first-order valence-corrected chi connectivity index (χ1v) is 10.7. The molecule has 0 aliphatic carbocycles. The minimum Gasteiger partial charge on any atom is -0.456 e. The molecule has 2 heterocycles. The monoisotopic (exact) mass is 429 g/mol. The van der Waals surface area contributed by atoms with Gasteiger partial charge in [-0.25, -0.2) is 0 Å². The number of benzene rings is 4. The van der Waals surface area contributed by atoms with Crippen molar-refractivity contribution >= 4 is 39.3 Å². The molecule has 0 N–H and O–H groups in total. The Labute approximate surface area is 190 Å². The van der Waals surface area contributed by atoms with Gasteiger partial charge in [-0.2, -0.15) is 0 Å². The minimum atomic E-state index is -0.249. The van der Waals surface area contributed by atoms with Crippen molar-refractivity contribution in [1.82, 2.24) is 0 Å². The van der Waals surface area contributed by atoms with E-state index in [2.05, 4.69) is 6.58 Å². The van der Waals surface area contributed by atoms with Crippen molar-refractivity contribution < 1.29 is 14.0 Å². The molecule has 0 unspecified atom stereocenters. The normalized spacial score (nSPS) is 13.2. The highest BCUT2D eigenvalue weighted by Crippen LogP contribution is 2.41. The summed E-state index contributed by atoms with van der Waals surface area (Å²) in [5, 5.41) is 2.03. The molecule has 6 rings (SSSR count). The first kappa shape index (κ1) is 19.3. The number of hydrogen-bond acceptors (Lipinski definition) is 3. The molecule has 1 aliphatic heterocycles. The Balaban J connectivity index is 1.51. The van der Waals surface area contributed by atoms with Crippen LogP contribution in [-0.2, 0) is 0 Å². The highest BCUT2D eigenvalue weighted by atomic mass is 16.3. The van der Waals surface area contributed by atoms with Crippen LogP contribution in [0.2, 0.25) is 0 Å². The van der Waals surface area contributed by atoms with E-state index in [0.29, 0.717) is 16.8 Å². The topological polar surface area (TPSA) is 50.5 Å². The summed E-state index contributed by atoms with van der Waals surface area (Å²) < 4.78 is 6.02. The number of fused-ring (bicyclic) bond motifs is 4. The number of carbonyl (C=O) groups excluding carboxylic acids is 2. The standard InChI is InChI=1S/C29H19NO3/c1-17-8-3-4-9-20(17)29(32)30-18(2)28(31)23-16-19(14-15-24(23)30)21-11-7-13-26-27(21)22-10-5-6-12-25(22)33-26/h3-16H,2H2,1H3. The molecule has 1 aliphatic rings. The van der Waals surface area contributed by atoms with Gasteiger partial charge in [-0.15, -0.1) is 0 Å². The summed E-state index contributed by atoms with van der Waals surface area (Å²) in [5.41, 5.74) is 6.09. The molecule has 4 heteroatoms. The first-order chi connectivity index (χ1) is 16.0. The van der Waals surface area contributed by atoms with Crippen LogP contribution in [-0.4, -0.2) is 11.7 Å². The number of allylic oxidation sites excluding steroid dienone is 1. The second-order valence-corrected chi connectivity index (χ2v) is 8.24. The Bertz CT molecular complexity index is 1640. The molecule has 1 aromatic heterocycles. The summed E-state index contributed by atoms with van der Waals surface area (Å²) in [4.78, 5) is 27.9. The summed E-state index contributed by atoms with van der Waals surface area (Å²) in [6, 6.07) is 26.8. The van der Waals surface area contributed by atoms with E-state index in [1.54, 1.807) is 6.07 Å². The maximum atomic E-state index is 13.3. The molecular formula is C29H19NO3. The van der Waals surface area contributed by atoms with Crippen molar-refractivity contribution in [3.63, 3.8) is 0 Å². The van der Waals surface area contributed by atoms with Gasteiger partial charge in [-0.1, -0.05) is 61.2 Å². The molecule has 0 radical (unpaired) electrons. The molecule has 5 aromatic rings. The predicted molar refractivity (Wildman–Crippen MR) is 131 cm³/mol. The molecule has 4 nitrogen and oxygen atoms in total. The fourth-order valence-corrected chi connectivity index (χ4v) is 4.66. The van der Waals surface area contributed by atoms with Crippen molar-refractivity contribution in [3.05, 3.63) is 114 Å². The minimum absolute atomic E-state index is 0.169. The molecule has 33 heavy (non-hydrogen) atoms. The van der Waals surface area contributed by atoms with Gasteiger partial charge in [0.05, 0.1) is 11.4 Å². The van der Waals surface area contributed by atoms with Gasteiger partial charge >= 0.3 is 0 Å². The van der Waals surface area contributed by atoms with E-state index in [1.165, 1.54) is 4.90 Å². The summed E-state index contributed by atoms with van der Waals surface area (Å²) in [5.74, 6) is -0.487. The lowest BCUT2D eigenvalue weighted by Gasteiger charge is -2.19. The van der Waals surface area contributed by atoms with Gasteiger partial charge in [0.25, 0.3) is 5.91 Å². The summed E-state index contributed by atoms with van der Waals surface area (Å²) >= 11 is 0. The molecule has 0 bridgehead atoms. The maximum Gasteiger partial charge on any atom is 0.263 e. The van der Waals surface area contributed by atoms with Crippen LogP contribution in [0.15, 0.2) is 102 Å². The Hall–Kier alpha value is -4.44. The summed E-state index contributed by atoms with van der Waals surface area (Å²) in [6.07, 6.45) is 0. The number of rotatable bonds is 2. The van der Waals surface area contributed by atoms with Gasteiger partial charge in [-0.05, 0) is 53.9 Å². The third-order valence-corrected chi connectivity index (χ3v) is 6.31. The van der Waals surface area contributed by atoms with E-state index in [4.69, 9.17) is 4.42 Å². The van der Waals surface area contributed by atoms with Crippen molar-refractivity contribution in [2.75, 3.05) is 4.90 Å². The smallest absolute Gasteiger partial charge is 0.263 e. The highest BCUT2D eigenvalue weighted by molar-refractivity contribution is 6.28. The Morgan fingerprint density at radius 1 is 0.848 bits per heavy atom. The fourth-order valence-electron chi connectivity index (χ4n) is 4.66. The maximum absolute atomic E-state index is 13.3. The zero-order valence-corrected chi connectivity index (χ0v) is 18.0.